The zero-order valence-electron chi connectivity index (χ0n) is 11.8. The van der Waals surface area contributed by atoms with Gasteiger partial charge in [-0.3, -0.25) is 4.72 Å². The number of aromatic nitrogens is 2. The van der Waals surface area contributed by atoms with Crippen molar-refractivity contribution in [2.24, 2.45) is 0 Å². The van der Waals surface area contributed by atoms with Gasteiger partial charge in [0.25, 0.3) is 10.0 Å². The molecule has 1 aromatic carbocycles. The molecule has 114 valence electrons. The summed E-state index contributed by atoms with van der Waals surface area (Å²) in [4.78, 5) is -0.523. The van der Waals surface area contributed by atoms with Crippen LogP contribution in [0.1, 0.15) is 18.2 Å². The molecule has 0 aliphatic heterocycles. The maximum atomic E-state index is 14.0. The minimum atomic E-state index is -4.17. The van der Waals surface area contributed by atoms with E-state index in [4.69, 9.17) is 0 Å². The quantitative estimate of drug-likeness (QED) is 0.943. The van der Waals surface area contributed by atoms with Crippen LogP contribution in [0.2, 0.25) is 0 Å². The van der Waals surface area contributed by atoms with Gasteiger partial charge in [-0.1, -0.05) is 6.07 Å². The Kier molecular flexibility index (Phi) is 3.99. The molecule has 1 N–H and O–H groups in total. The lowest BCUT2D eigenvalue weighted by molar-refractivity contribution is 0.454. The van der Waals surface area contributed by atoms with Crippen molar-refractivity contribution < 1.29 is 17.2 Å². The SMILES string of the molecule is CCn1nc(C)c(S(=O)(=O)Nc2ccc(C)c(F)c2)c1F. The zero-order valence-corrected chi connectivity index (χ0v) is 12.6. The van der Waals surface area contributed by atoms with Gasteiger partial charge in [0.2, 0.25) is 5.95 Å². The summed E-state index contributed by atoms with van der Waals surface area (Å²) in [5, 5.41) is 3.82. The van der Waals surface area contributed by atoms with Crippen LogP contribution >= 0.6 is 0 Å². The summed E-state index contributed by atoms with van der Waals surface area (Å²) >= 11 is 0. The molecule has 8 heteroatoms. The van der Waals surface area contributed by atoms with E-state index in [2.05, 4.69) is 9.82 Å². The molecular weight excluding hydrogens is 300 g/mol. The van der Waals surface area contributed by atoms with Gasteiger partial charge in [0, 0.05) is 6.54 Å². The summed E-state index contributed by atoms with van der Waals surface area (Å²) in [7, 11) is -4.17. The van der Waals surface area contributed by atoms with Crippen molar-refractivity contribution in [2.45, 2.75) is 32.2 Å². The van der Waals surface area contributed by atoms with Crippen LogP contribution < -0.4 is 4.72 Å². The van der Waals surface area contributed by atoms with E-state index in [-0.39, 0.29) is 17.9 Å². The normalized spacial score (nSPS) is 11.7. The van der Waals surface area contributed by atoms with E-state index in [1.807, 2.05) is 0 Å². The fourth-order valence-corrected chi connectivity index (χ4v) is 3.21. The standard InChI is InChI=1S/C13H15F2N3O2S/c1-4-18-13(15)12(9(3)16-18)21(19,20)17-10-6-5-8(2)11(14)7-10/h5-7,17H,4H2,1-3H3. The van der Waals surface area contributed by atoms with E-state index in [9.17, 15) is 17.2 Å². The highest BCUT2D eigenvalue weighted by Crippen LogP contribution is 2.23. The summed E-state index contributed by atoms with van der Waals surface area (Å²) in [6, 6.07) is 3.89. The smallest absolute Gasteiger partial charge is 0.268 e. The Bertz CT molecular complexity index is 785. The molecule has 0 bridgehead atoms. The summed E-state index contributed by atoms with van der Waals surface area (Å²) in [6.45, 7) is 4.82. The Balaban J connectivity index is 2.43. The summed E-state index contributed by atoms with van der Waals surface area (Å²) in [6.07, 6.45) is 0. The van der Waals surface area contributed by atoms with Gasteiger partial charge in [0.15, 0.2) is 4.90 Å². The molecule has 0 amide bonds. The summed E-state index contributed by atoms with van der Waals surface area (Å²) in [5.74, 6) is -1.48. The first kappa shape index (κ1) is 15.4. The van der Waals surface area contributed by atoms with Gasteiger partial charge in [0.05, 0.1) is 11.4 Å². The minimum absolute atomic E-state index is 0.0288. The van der Waals surface area contributed by atoms with Gasteiger partial charge in [-0.15, -0.1) is 0 Å². The monoisotopic (exact) mass is 315 g/mol. The van der Waals surface area contributed by atoms with Crippen molar-refractivity contribution >= 4 is 15.7 Å². The Labute approximate surface area is 121 Å². The lowest BCUT2D eigenvalue weighted by Crippen LogP contribution is -2.15. The largest absolute Gasteiger partial charge is 0.279 e. The molecule has 1 aromatic heterocycles. The predicted octanol–water partition coefficient (Wildman–Crippen LogP) is 2.60. The molecule has 0 spiro atoms. The molecule has 2 aromatic rings. The maximum Gasteiger partial charge on any atom is 0.268 e. The molecule has 2 rings (SSSR count). The molecule has 0 saturated heterocycles. The topological polar surface area (TPSA) is 64.0 Å². The molecule has 0 aliphatic rings. The van der Waals surface area contributed by atoms with Gasteiger partial charge in [-0.2, -0.15) is 9.49 Å². The molecule has 0 saturated carbocycles. The van der Waals surface area contributed by atoms with Gasteiger partial charge in [-0.25, -0.2) is 17.5 Å². The third-order valence-electron chi connectivity index (χ3n) is 3.01. The maximum absolute atomic E-state index is 14.0. The first-order chi connectivity index (χ1) is 9.76. The van der Waals surface area contributed by atoms with Crippen molar-refractivity contribution in [1.82, 2.24) is 9.78 Å². The Morgan fingerprint density at radius 2 is 1.95 bits per heavy atom. The first-order valence-corrected chi connectivity index (χ1v) is 7.76. The Morgan fingerprint density at radius 1 is 1.29 bits per heavy atom. The van der Waals surface area contributed by atoms with E-state index in [0.717, 1.165) is 10.7 Å². The molecule has 21 heavy (non-hydrogen) atoms. The number of hydrogen-bond donors (Lipinski definition) is 1. The minimum Gasteiger partial charge on any atom is -0.279 e. The summed E-state index contributed by atoms with van der Waals surface area (Å²) < 4.78 is 55.1. The van der Waals surface area contributed by atoms with Crippen molar-refractivity contribution in [1.29, 1.82) is 0 Å². The Morgan fingerprint density at radius 3 is 2.48 bits per heavy atom. The number of hydrogen-bond acceptors (Lipinski definition) is 3. The highest BCUT2D eigenvalue weighted by molar-refractivity contribution is 7.92. The van der Waals surface area contributed by atoms with Crippen molar-refractivity contribution in [2.75, 3.05) is 4.72 Å². The number of aryl methyl sites for hydroxylation is 3. The molecule has 5 nitrogen and oxygen atoms in total. The van der Waals surface area contributed by atoms with Crippen LogP contribution in [0.25, 0.3) is 0 Å². The zero-order chi connectivity index (χ0) is 15.8. The number of sulfonamides is 1. The number of nitrogens with one attached hydrogen (secondary N) is 1. The highest BCUT2D eigenvalue weighted by Gasteiger charge is 2.27. The van der Waals surface area contributed by atoms with Crippen molar-refractivity contribution in [3.63, 3.8) is 0 Å². The molecule has 0 radical (unpaired) electrons. The number of rotatable bonds is 4. The van der Waals surface area contributed by atoms with Crippen LogP contribution in [0.3, 0.4) is 0 Å². The van der Waals surface area contributed by atoms with E-state index >= 15 is 0 Å². The van der Waals surface area contributed by atoms with E-state index in [0.29, 0.717) is 5.56 Å². The molecule has 0 atom stereocenters. The third-order valence-corrected chi connectivity index (χ3v) is 4.51. The highest BCUT2D eigenvalue weighted by atomic mass is 32.2. The number of benzene rings is 1. The van der Waals surface area contributed by atoms with Crippen LogP contribution in [-0.2, 0) is 16.6 Å². The second-order valence-corrected chi connectivity index (χ2v) is 6.21. The summed E-state index contributed by atoms with van der Waals surface area (Å²) in [5.41, 5.74) is 0.467. The lowest BCUT2D eigenvalue weighted by Gasteiger charge is -2.08. The lowest BCUT2D eigenvalue weighted by atomic mass is 10.2. The second-order valence-electron chi connectivity index (χ2n) is 4.59. The van der Waals surface area contributed by atoms with E-state index in [1.54, 1.807) is 13.8 Å². The Hall–Kier alpha value is -1.96. The van der Waals surface area contributed by atoms with Gasteiger partial charge < -0.3 is 0 Å². The van der Waals surface area contributed by atoms with Gasteiger partial charge >= 0.3 is 0 Å². The molecule has 0 unspecified atom stereocenters. The van der Waals surface area contributed by atoms with Crippen molar-refractivity contribution in [3.8, 4) is 0 Å². The number of nitrogens with zero attached hydrogens (tertiary/aromatic N) is 2. The molecular formula is C13H15F2N3O2S. The first-order valence-electron chi connectivity index (χ1n) is 6.28. The van der Waals surface area contributed by atoms with Gasteiger partial charge in [0.1, 0.15) is 5.82 Å². The number of anilines is 1. The average Bonchev–Trinajstić information content (AvgIpc) is 2.68. The predicted molar refractivity (Wildman–Crippen MR) is 74.5 cm³/mol. The van der Waals surface area contributed by atoms with E-state index < -0.39 is 26.7 Å². The second kappa shape index (κ2) is 5.44. The van der Waals surface area contributed by atoms with Crippen molar-refractivity contribution in [3.05, 3.63) is 41.2 Å². The fourth-order valence-electron chi connectivity index (χ4n) is 1.91. The molecule has 0 fully saturated rings. The molecule has 0 aliphatic carbocycles. The van der Waals surface area contributed by atoms with Crippen LogP contribution in [0, 0.1) is 25.6 Å². The van der Waals surface area contributed by atoms with Crippen LogP contribution in [0.4, 0.5) is 14.5 Å². The van der Waals surface area contributed by atoms with Gasteiger partial charge in [-0.05, 0) is 38.5 Å². The fraction of sp³-hybridized carbons (Fsp3) is 0.308. The van der Waals surface area contributed by atoms with E-state index in [1.165, 1.54) is 19.1 Å². The average molecular weight is 315 g/mol. The van der Waals surface area contributed by atoms with Crippen LogP contribution in [-0.4, -0.2) is 18.2 Å². The molecule has 1 heterocycles. The third kappa shape index (κ3) is 2.90. The number of halogens is 2. The van der Waals surface area contributed by atoms with Crippen LogP contribution in [0.5, 0.6) is 0 Å². The van der Waals surface area contributed by atoms with Crippen LogP contribution in [0.15, 0.2) is 23.1 Å².